The molecule has 4 aromatic rings. The van der Waals surface area contributed by atoms with Gasteiger partial charge in [-0.3, -0.25) is 19.4 Å². The number of pyridine rings is 2. The van der Waals surface area contributed by atoms with E-state index >= 15 is 8.78 Å². The summed E-state index contributed by atoms with van der Waals surface area (Å²) in [6.45, 7) is 11.7. The molecule has 13 heteroatoms. The number of hydrogen-bond acceptors (Lipinski definition) is 8. The number of likely N-dealkylation sites (tertiary alicyclic amines) is 2. The van der Waals surface area contributed by atoms with Crippen LogP contribution in [0.4, 0.5) is 25.2 Å². The Labute approximate surface area is 290 Å². The Balaban J connectivity index is 0.942. The molecule has 2 fully saturated rings. The van der Waals surface area contributed by atoms with Crippen LogP contribution in [0.2, 0.25) is 0 Å². The molecule has 264 valence electrons. The third-order valence-corrected chi connectivity index (χ3v) is 9.78. The van der Waals surface area contributed by atoms with Crippen molar-refractivity contribution in [2.45, 2.75) is 77.7 Å². The van der Waals surface area contributed by atoms with Crippen molar-refractivity contribution in [2.24, 2.45) is 0 Å². The van der Waals surface area contributed by atoms with E-state index in [0.29, 0.717) is 48.6 Å². The normalized spacial score (nSPS) is 18.5. The topological polar surface area (TPSA) is 109 Å². The van der Waals surface area contributed by atoms with Crippen LogP contribution < -0.4 is 5.32 Å². The fourth-order valence-corrected chi connectivity index (χ4v) is 7.35. The van der Waals surface area contributed by atoms with Crippen molar-refractivity contribution in [1.82, 2.24) is 34.4 Å². The van der Waals surface area contributed by atoms with Crippen LogP contribution in [0.5, 0.6) is 0 Å². The highest BCUT2D eigenvalue weighted by Gasteiger charge is 2.48. The monoisotopic (exact) mass is 686 g/mol. The van der Waals surface area contributed by atoms with Gasteiger partial charge >= 0.3 is 6.09 Å². The first-order chi connectivity index (χ1) is 23.7. The first kappa shape index (κ1) is 33.8. The smallest absolute Gasteiger partial charge is 0.410 e. The first-order valence-corrected chi connectivity index (χ1v) is 17.3. The molecule has 1 aromatic carbocycles. The number of anilines is 2. The lowest BCUT2D eigenvalue weighted by atomic mass is 9.94. The number of carbonyl (C=O) groups is 2. The van der Waals surface area contributed by atoms with E-state index in [1.54, 1.807) is 37.8 Å². The van der Waals surface area contributed by atoms with Crippen LogP contribution in [0.15, 0.2) is 42.7 Å². The minimum atomic E-state index is -1.44. The molecule has 50 heavy (non-hydrogen) atoms. The third-order valence-electron chi connectivity index (χ3n) is 9.78. The van der Waals surface area contributed by atoms with Crippen LogP contribution in [0.1, 0.15) is 50.6 Å². The Bertz CT molecular complexity index is 1940. The fraction of sp³-hybridized carbons (Fsp3) is 0.486. The summed E-state index contributed by atoms with van der Waals surface area (Å²) < 4.78 is 37.6. The van der Waals surface area contributed by atoms with E-state index < -0.39 is 17.4 Å². The van der Waals surface area contributed by atoms with Gasteiger partial charge < -0.3 is 19.9 Å². The summed E-state index contributed by atoms with van der Waals surface area (Å²) in [5.41, 5.74) is 1.97. The second-order valence-electron chi connectivity index (χ2n) is 15.0. The van der Waals surface area contributed by atoms with Gasteiger partial charge in [0, 0.05) is 85.0 Å². The average molecular weight is 687 g/mol. The second kappa shape index (κ2) is 12.9. The van der Waals surface area contributed by atoms with Crippen LogP contribution in [-0.2, 0) is 22.5 Å². The van der Waals surface area contributed by atoms with E-state index in [-0.39, 0.29) is 43.9 Å². The largest absolute Gasteiger partial charge is 0.444 e. The van der Waals surface area contributed by atoms with Crippen molar-refractivity contribution in [1.29, 1.82) is 0 Å². The van der Waals surface area contributed by atoms with Gasteiger partial charge in [0.1, 0.15) is 23.8 Å². The zero-order valence-corrected chi connectivity index (χ0v) is 29.3. The van der Waals surface area contributed by atoms with Crippen molar-refractivity contribution in [3.05, 3.63) is 65.5 Å². The zero-order chi connectivity index (χ0) is 35.4. The van der Waals surface area contributed by atoms with Gasteiger partial charge in [-0.05, 0) is 82.7 Å². The summed E-state index contributed by atoms with van der Waals surface area (Å²) >= 11 is 0. The van der Waals surface area contributed by atoms with E-state index in [9.17, 15) is 9.59 Å². The zero-order valence-electron chi connectivity index (χ0n) is 29.3. The third kappa shape index (κ3) is 7.14. The minimum Gasteiger partial charge on any atom is -0.444 e. The molecule has 2 saturated heterocycles. The lowest BCUT2D eigenvalue weighted by Gasteiger charge is -2.47. The van der Waals surface area contributed by atoms with E-state index in [1.807, 2.05) is 43.0 Å². The van der Waals surface area contributed by atoms with Crippen molar-refractivity contribution in [3.63, 3.8) is 0 Å². The molecule has 11 nitrogen and oxygen atoms in total. The number of nitrogens with zero attached hydrogens (tertiary/aromatic N) is 7. The highest BCUT2D eigenvalue weighted by atomic mass is 19.1. The quantitative estimate of drug-likeness (QED) is 0.271. The number of nitrogens with one attached hydrogen (secondary N) is 1. The van der Waals surface area contributed by atoms with Gasteiger partial charge in [0.15, 0.2) is 11.5 Å². The standard InChI is InChI=1S/C37H44F2N8O3/c1-23-12-24(2)40-18-30(23)29-13-25-15-32(41-17-26(25)14-31(29)38)42-33-16-28-8-11-46(34(48)19-47(28)43-33)27-6-9-44(10-7-27)20-37(39)21-45(22-37)35(49)50-36(3,4)5/h12-18,27H,6-11,19-22H2,1-5H3,(H,41,42,43). The Kier molecular flexibility index (Phi) is 8.73. The van der Waals surface area contributed by atoms with E-state index in [1.165, 1.54) is 11.0 Å². The Morgan fingerprint density at radius 1 is 0.980 bits per heavy atom. The van der Waals surface area contributed by atoms with Crippen LogP contribution in [0, 0.1) is 19.7 Å². The summed E-state index contributed by atoms with van der Waals surface area (Å²) in [6.07, 6.45) is 5.07. The second-order valence-corrected chi connectivity index (χ2v) is 15.0. The molecular formula is C37H44F2N8O3. The number of fused-ring (bicyclic) bond motifs is 2. The van der Waals surface area contributed by atoms with Crippen LogP contribution in [0.3, 0.4) is 0 Å². The van der Waals surface area contributed by atoms with Gasteiger partial charge in [-0.25, -0.2) is 18.6 Å². The maximum absolute atomic E-state index is 15.4. The number of carbonyl (C=O) groups excluding carboxylic acids is 2. The number of aryl methyl sites for hydroxylation is 2. The molecule has 0 atom stereocenters. The summed E-state index contributed by atoms with van der Waals surface area (Å²) in [6, 6.07) is 9.16. The Morgan fingerprint density at radius 3 is 2.46 bits per heavy atom. The van der Waals surface area contributed by atoms with Crippen LogP contribution >= 0.6 is 0 Å². The highest BCUT2D eigenvalue weighted by molar-refractivity contribution is 5.89. The van der Waals surface area contributed by atoms with Gasteiger partial charge in [-0.1, -0.05) is 0 Å². The number of alkyl halides is 1. The molecule has 0 unspecified atom stereocenters. The fourth-order valence-electron chi connectivity index (χ4n) is 7.35. The first-order valence-electron chi connectivity index (χ1n) is 17.3. The number of rotatable bonds is 6. The molecule has 6 heterocycles. The average Bonchev–Trinajstić information content (AvgIpc) is 3.32. The number of amides is 2. The number of aromatic nitrogens is 4. The maximum atomic E-state index is 15.4. The van der Waals surface area contributed by atoms with Crippen molar-refractivity contribution < 1.29 is 23.1 Å². The van der Waals surface area contributed by atoms with Crippen molar-refractivity contribution in [2.75, 3.05) is 44.6 Å². The molecule has 0 radical (unpaired) electrons. The molecule has 0 saturated carbocycles. The molecule has 0 spiro atoms. The summed E-state index contributed by atoms with van der Waals surface area (Å²) in [5, 5.41) is 9.46. The lowest BCUT2D eigenvalue weighted by Crippen LogP contribution is -2.66. The number of piperidine rings is 1. The van der Waals surface area contributed by atoms with E-state index in [4.69, 9.17) is 4.74 Å². The molecule has 3 aliphatic rings. The molecule has 0 bridgehead atoms. The Hall–Kier alpha value is -4.65. The van der Waals surface area contributed by atoms with E-state index in [2.05, 4.69) is 25.3 Å². The summed E-state index contributed by atoms with van der Waals surface area (Å²) in [4.78, 5) is 40.0. The van der Waals surface area contributed by atoms with Gasteiger partial charge in [0.2, 0.25) is 5.91 Å². The molecule has 7 rings (SSSR count). The number of benzene rings is 1. The van der Waals surface area contributed by atoms with Crippen LogP contribution in [-0.4, -0.2) is 103 Å². The molecule has 3 aliphatic heterocycles. The van der Waals surface area contributed by atoms with Gasteiger partial charge in [-0.2, -0.15) is 5.10 Å². The Morgan fingerprint density at radius 2 is 1.74 bits per heavy atom. The molecule has 0 aliphatic carbocycles. The summed E-state index contributed by atoms with van der Waals surface area (Å²) in [7, 11) is 0. The highest BCUT2D eigenvalue weighted by Crippen LogP contribution is 2.32. The van der Waals surface area contributed by atoms with Gasteiger partial charge in [0.05, 0.1) is 13.1 Å². The van der Waals surface area contributed by atoms with Gasteiger partial charge in [0.25, 0.3) is 0 Å². The van der Waals surface area contributed by atoms with E-state index in [0.717, 1.165) is 40.7 Å². The minimum absolute atomic E-state index is 0.0186. The maximum Gasteiger partial charge on any atom is 0.410 e. The molecule has 3 aromatic heterocycles. The lowest BCUT2D eigenvalue weighted by molar-refractivity contribution is -0.135. The number of halogens is 2. The molecule has 2 amide bonds. The number of ether oxygens (including phenoxy) is 1. The van der Waals surface area contributed by atoms with Crippen molar-refractivity contribution in [3.8, 4) is 11.1 Å². The summed E-state index contributed by atoms with van der Waals surface area (Å²) in [5.74, 6) is 0.843. The number of hydrogen-bond donors (Lipinski definition) is 1. The molecule has 1 N–H and O–H groups in total. The van der Waals surface area contributed by atoms with Gasteiger partial charge in [-0.15, -0.1) is 0 Å². The SMILES string of the molecule is Cc1cc(C)c(-c2cc3cc(Nc4cc5n(n4)CC(=O)N(C4CCN(CC6(F)CN(C(=O)OC(C)(C)C)C6)CC4)CC5)ncc3cc2F)cn1. The van der Waals surface area contributed by atoms with Crippen LogP contribution in [0.25, 0.3) is 21.9 Å². The predicted molar refractivity (Wildman–Crippen MR) is 186 cm³/mol. The predicted octanol–water partition coefficient (Wildman–Crippen LogP) is 5.80. The molecular weight excluding hydrogens is 642 g/mol. The van der Waals surface area contributed by atoms with Crippen molar-refractivity contribution >= 4 is 34.4 Å².